The van der Waals surface area contributed by atoms with Crippen LogP contribution in [0.4, 0.5) is 5.69 Å². The van der Waals surface area contributed by atoms with Crippen LogP contribution in [0.25, 0.3) is 0 Å². The van der Waals surface area contributed by atoms with Crippen LogP contribution in [0.3, 0.4) is 0 Å². The third-order valence-corrected chi connectivity index (χ3v) is 6.59. The first-order valence-electron chi connectivity index (χ1n) is 9.89. The largest absolute Gasteiger partial charge is 0.471 e. The van der Waals surface area contributed by atoms with Crippen LogP contribution in [0.2, 0.25) is 0 Å². The molecule has 4 rings (SSSR count). The van der Waals surface area contributed by atoms with Crippen molar-refractivity contribution in [1.82, 2.24) is 19.6 Å². The van der Waals surface area contributed by atoms with Crippen molar-refractivity contribution in [2.75, 3.05) is 5.32 Å². The first-order chi connectivity index (χ1) is 15.4. The van der Waals surface area contributed by atoms with E-state index in [1.165, 1.54) is 0 Å². The number of carbonyl (C=O) groups is 1. The molecule has 1 N–H and O–H groups in total. The molecule has 0 unspecified atom stereocenters. The molecule has 0 bridgehead atoms. The van der Waals surface area contributed by atoms with E-state index in [1.54, 1.807) is 17.1 Å². The summed E-state index contributed by atoms with van der Waals surface area (Å²) >= 11 is 6.94. The van der Waals surface area contributed by atoms with Crippen molar-refractivity contribution in [3.63, 3.8) is 0 Å². The number of aromatic nitrogens is 4. The van der Waals surface area contributed by atoms with Gasteiger partial charge in [-0.15, -0.1) is 0 Å². The Morgan fingerprint density at radius 3 is 2.44 bits per heavy atom. The maximum atomic E-state index is 12.6. The minimum absolute atomic E-state index is 0.196. The van der Waals surface area contributed by atoms with Crippen molar-refractivity contribution >= 4 is 43.5 Å². The SMILES string of the molecule is Cc1nn(Cc2ccc(C(=O)Nc3cnn(COc4ccc(Br)cc4)c3)cc2)c(C)c1Br. The summed E-state index contributed by atoms with van der Waals surface area (Å²) in [6, 6.07) is 15.1. The molecule has 0 atom stereocenters. The molecule has 164 valence electrons. The monoisotopic (exact) mass is 557 g/mol. The van der Waals surface area contributed by atoms with Gasteiger partial charge in [0, 0.05) is 10.0 Å². The molecule has 0 aliphatic carbocycles. The van der Waals surface area contributed by atoms with Crippen molar-refractivity contribution < 1.29 is 9.53 Å². The van der Waals surface area contributed by atoms with E-state index in [9.17, 15) is 4.79 Å². The molecule has 0 saturated heterocycles. The highest BCUT2D eigenvalue weighted by molar-refractivity contribution is 9.10. The number of ether oxygens (including phenoxy) is 1. The Hall–Kier alpha value is -2.91. The minimum atomic E-state index is -0.196. The highest BCUT2D eigenvalue weighted by Crippen LogP contribution is 2.21. The highest BCUT2D eigenvalue weighted by Gasteiger charge is 2.11. The van der Waals surface area contributed by atoms with Crippen LogP contribution in [0.1, 0.15) is 27.3 Å². The Morgan fingerprint density at radius 1 is 1.06 bits per heavy atom. The molecular weight excluding hydrogens is 538 g/mol. The van der Waals surface area contributed by atoms with Crippen LogP contribution < -0.4 is 10.1 Å². The molecule has 2 heterocycles. The fourth-order valence-corrected chi connectivity index (χ4v) is 3.69. The topological polar surface area (TPSA) is 74.0 Å². The summed E-state index contributed by atoms with van der Waals surface area (Å²) in [4.78, 5) is 12.6. The van der Waals surface area contributed by atoms with E-state index in [1.807, 2.05) is 67.1 Å². The van der Waals surface area contributed by atoms with Gasteiger partial charge in [0.1, 0.15) is 5.75 Å². The van der Waals surface area contributed by atoms with Crippen molar-refractivity contribution in [3.05, 3.63) is 92.4 Å². The van der Waals surface area contributed by atoms with Gasteiger partial charge in [-0.3, -0.25) is 9.48 Å². The van der Waals surface area contributed by atoms with Crippen LogP contribution in [-0.2, 0) is 13.3 Å². The first kappa shape index (κ1) is 22.3. The molecule has 9 heteroatoms. The number of halogens is 2. The quantitative estimate of drug-likeness (QED) is 0.322. The van der Waals surface area contributed by atoms with E-state index in [0.29, 0.717) is 17.8 Å². The first-order valence-corrected chi connectivity index (χ1v) is 11.5. The summed E-state index contributed by atoms with van der Waals surface area (Å²) in [5.41, 5.74) is 4.28. The molecule has 32 heavy (non-hydrogen) atoms. The van der Waals surface area contributed by atoms with Crippen LogP contribution in [0.5, 0.6) is 5.75 Å². The number of nitrogens with one attached hydrogen (secondary N) is 1. The van der Waals surface area contributed by atoms with Crippen molar-refractivity contribution in [2.45, 2.75) is 27.1 Å². The smallest absolute Gasteiger partial charge is 0.255 e. The van der Waals surface area contributed by atoms with Gasteiger partial charge in [0.15, 0.2) is 6.73 Å². The zero-order valence-corrected chi connectivity index (χ0v) is 20.7. The lowest BCUT2D eigenvalue weighted by Crippen LogP contribution is -2.12. The molecule has 2 aromatic carbocycles. The van der Waals surface area contributed by atoms with Crippen LogP contribution in [-0.4, -0.2) is 25.5 Å². The molecule has 0 fully saturated rings. The lowest BCUT2D eigenvalue weighted by atomic mass is 10.1. The van der Waals surface area contributed by atoms with Gasteiger partial charge in [0.2, 0.25) is 0 Å². The number of benzene rings is 2. The summed E-state index contributed by atoms with van der Waals surface area (Å²) in [6.45, 7) is 4.88. The van der Waals surface area contributed by atoms with Gasteiger partial charge in [-0.05, 0) is 71.7 Å². The molecular formula is C23H21Br2N5O2. The lowest BCUT2D eigenvalue weighted by Gasteiger charge is -2.07. The lowest BCUT2D eigenvalue weighted by molar-refractivity contribution is 0.102. The Labute approximate surface area is 202 Å². The predicted molar refractivity (Wildman–Crippen MR) is 130 cm³/mol. The van der Waals surface area contributed by atoms with E-state index in [4.69, 9.17) is 4.74 Å². The molecule has 0 aliphatic rings. The van der Waals surface area contributed by atoms with Crippen LogP contribution in [0.15, 0.2) is 69.9 Å². The van der Waals surface area contributed by atoms with E-state index in [2.05, 4.69) is 47.4 Å². The molecule has 0 aliphatic heterocycles. The van der Waals surface area contributed by atoms with E-state index in [0.717, 1.165) is 31.6 Å². The highest BCUT2D eigenvalue weighted by atomic mass is 79.9. The average Bonchev–Trinajstić information content (AvgIpc) is 3.33. The molecule has 0 radical (unpaired) electrons. The minimum Gasteiger partial charge on any atom is -0.471 e. The zero-order chi connectivity index (χ0) is 22.7. The van der Waals surface area contributed by atoms with E-state index >= 15 is 0 Å². The van der Waals surface area contributed by atoms with Gasteiger partial charge in [-0.1, -0.05) is 28.1 Å². The summed E-state index contributed by atoms with van der Waals surface area (Å²) in [5, 5.41) is 11.6. The van der Waals surface area contributed by atoms with Crippen LogP contribution >= 0.6 is 31.9 Å². The van der Waals surface area contributed by atoms with Gasteiger partial charge in [-0.25, -0.2) is 4.68 Å². The number of anilines is 1. The summed E-state index contributed by atoms with van der Waals surface area (Å²) in [6.07, 6.45) is 3.32. The maximum absolute atomic E-state index is 12.6. The van der Waals surface area contributed by atoms with Crippen molar-refractivity contribution in [1.29, 1.82) is 0 Å². The Balaban J connectivity index is 1.33. The molecule has 2 aromatic heterocycles. The van der Waals surface area contributed by atoms with Gasteiger partial charge >= 0.3 is 0 Å². The summed E-state index contributed by atoms with van der Waals surface area (Å²) in [5.74, 6) is 0.543. The van der Waals surface area contributed by atoms with Crippen molar-refractivity contribution in [2.24, 2.45) is 0 Å². The summed E-state index contributed by atoms with van der Waals surface area (Å²) in [7, 11) is 0. The average molecular weight is 559 g/mol. The number of carbonyl (C=O) groups excluding carboxylic acids is 1. The normalized spacial score (nSPS) is 10.9. The number of hydrogen-bond acceptors (Lipinski definition) is 4. The Kier molecular flexibility index (Phi) is 6.76. The van der Waals surface area contributed by atoms with Gasteiger partial charge in [-0.2, -0.15) is 10.2 Å². The Bertz CT molecular complexity index is 1230. The third kappa shape index (κ3) is 5.28. The second-order valence-electron chi connectivity index (χ2n) is 7.29. The number of amides is 1. The summed E-state index contributed by atoms with van der Waals surface area (Å²) < 4.78 is 11.3. The molecule has 4 aromatic rings. The maximum Gasteiger partial charge on any atom is 0.255 e. The van der Waals surface area contributed by atoms with E-state index in [-0.39, 0.29) is 12.6 Å². The number of rotatable bonds is 7. The predicted octanol–water partition coefficient (Wildman–Crippen LogP) is 5.56. The third-order valence-electron chi connectivity index (χ3n) is 4.91. The second kappa shape index (κ2) is 9.70. The zero-order valence-electron chi connectivity index (χ0n) is 17.5. The molecule has 0 saturated carbocycles. The fourth-order valence-electron chi connectivity index (χ4n) is 3.14. The number of aryl methyl sites for hydroxylation is 1. The Morgan fingerprint density at radius 2 is 1.78 bits per heavy atom. The fraction of sp³-hybridized carbons (Fsp3) is 0.174. The number of hydrogen-bond donors (Lipinski definition) is 1. The standard InChI is InChI=1S/C23H21Br2N5O2/c1-15-22(25)16(2)30(28-15)12-17-3-5-18(6-4-17)23(31)27-20-11-26-29(13-20)14-32-21-9-7-19(24)8-10-21/h3-11,13H,12,14H2,1-2H3,(H,27,31). The van der Waals surface area contributed by atoms with Gasteiger partial charge in [0.25, 0.3) is 5.91 Å². The van der Waals surface area contributed by atoms with Gasteiger partial charge in [0.05, 0.1) is 40.5 Å². The molecule has 7 nitrogen and oxygen atoms in total. The van der Waals surface area contributed by atoms with Crippen molar-refractivity contribution in [3.8, 4) is 5.75 Å². The molecule has 0 spiro atoms. The number of nitrogens with zero attached hydrogens (tertiary/aromatic N) is 4. The molecule has 1 amide bonds. The van der Waals surface area contributed by atoms with E-state index < -0.39 is 0 Å². The van der Waals surface area contributed by atoms with Gasteiger partial charge < -0.3 is 10.1 Å². The second-order valence-corrected chi connectivity index (χ2v) is 9.00. The van der Waals surface area contributed by atoms with Crippen LogP contribution in [0, 0.1) is 13.8 Å².